The molecule has 2 bridgehead atoms. The van der Waals surface area contributed by atoms with Crippen LogP contribution >= 0.6 is 22.9 Å². The number of hydrazine groups is 1. The average molecular weight is 271 g/mol. The number of hydrogen-bond acceptors (Lipinski definition) is 3. The third-order valence-electron chi connectivity index (χ3n) is 4.57. The smallest absolute Gasteiger partial charge is 0.0931 e. The molecule has 0 spiro atoms. The minimum absolute atomic E-state index is 0.431. The molecule has 0 amide bonds. The van der Waals surface area contributed by atoms with Crippen molar-refractivity contribution in [1.29, 1.82) is 0 Å². The van der Waals surface area contributed by atoms with Crippen molar-refractivity contribution in [1.82, 2.24) is 5.43 Å². The van der Waals surface area contributed by atoms with E-state index in [4.69, 9.17) is 17.4 Å². The van der Waals surface area contributed by atoms with E-state index in [2.05, 4.69) is 11.5 Å². The third kappa shape index (κ3) is 2.39. The van der Waals surface area contributed by atoms with E-state index in [0.717, 1.165) is 28.5 Å². The Morgan fingerprint density at radius 3 is 2.82 bits per heavy atom. The Labute approximate surface area is 112 Å². The predicted octanol–water partition coefficient (Wildman–Crippen LogP) is 3.21. The molecule has 2 fully saturated rings. The SMILES string of the molecule is NNC(Cc1ccc(Cl)s1)C1CC2CCC1C2. The molecule has 2 aliphatic carbocycles. The van der Waals surface area contributed by atoms with Gasteiger partial charge in [-0.3, -0.25) is 11.3 Å². The lowest BCUT2D eigenvalue weighted by molar-refractivity contribution is 0.249. The van der Waals surface area contributed by atoms with Gasteiger partial charge in [0.05, 0.1) is 4.34 Å². The van der Waals surface area contributed by atoms with E-state index in [1.54, 1.807) is 11.3 Å². The van der Waals surface area contributed by atoms with Gasteiger partial charge in [-0.15, -0.1) is 11.3 Å². The highest BCUT2D eigenvalue weighted by Crippen LogP contribution is 2.49. The van der Waals surface area contributed by atoms with E-state index < -0.39 is 0 Å². The first kappa shape index (κ1) is 12.0. The van der Waals surface area contributed by atoms with Crippen molar-refractivity contribution in [3.63, 3.8) is 0 Å². The molecule has 0 aromatic carbocycles. The second-order valence-corrected chi connectivity index (χ2v) is 7.32. The molecule has 2 saturated carbocycles. The standard InChI is InChI=1S/C13H19ClN2S/c14-13-4-3-10(17-13)7-12(16-15)11-6-8-1-2-9(11)5-8/h3-4,8-9,11-12,16H,1-2,5-7,15H2. The van der Waals surface area contributed by atoms with Crippen LogP contribution in [-0.4, -0.2) is 6.04 Å². The van der Waals surface area contributed by atoms with Gasteiger partial charge in [0.15, 0.2) is 0 Å². The molecule has 4 unspecified atom stereocenters. The van der Waals surface area contributed by atoms with Crippen molar-refractivity contribution in [3.8, 4) is 0 Å². The Hall–Kier alpha value is -0.0900. The second-order valence-electron chi connectivity index (χ2n) is 5.52. The Bertz CT molecular complexity index is 393. The molecule has 4 heteroatoms. The molecule has 1 aromatic rings. The van der Waals surface area contributed by atoms with Gasteiger partial charge in [0.2, 0.25) is 0 Å². The van der Waals surface area contributed by atoms with E-state index in [1.165, 1.54) is 30.6 Å². The lowest BCUT2D eigenvalue weighted by Crippen LogP contribution is -2.44. The van der Waals surface area contributed by atoms with Crippen molar-refractivity contribution in [2.75, 3.05) is 0 Å². The monoisotopic (exact) mass is 270 g/mol. The molecule has 17 heavy (non-hydrogen) atoms. The fraction of sp³-hybridized carbons (Fsp3) is 0.692. The zero-order valence-corrected chi connectivity index (χ0v) is 11.4. The quantitative estimate of drug-likeness (QED) is 0.651. The highest BCUT2D eigenvalue weighted by Gasteiger charge is 2.42. The van der Waals surface area contributed by atoms with Crippen LogP contribution in [0.1, 0.15) is 30.6 Å². The van der Waals surface area contributed by atoms with Crippen LogP contribution < -0.4 is 11.3 Å². The molecular formula is C13H19ClN2S. The fourth-order valence-electron chi connectivity index (χ4n) is 3.80. The Morgan fingerprint density at radius 2 is 2.29 bits per heavy atom. The van der Waals surface area contributed by atoms with E-state index in [1.807, 2.05) is 6.07 Å². The Kier molecular flexibility index (Phi) is 3.44. The van der Waals surface area contributed by atoms with Crippen LogP contribution in [0.3, 0.4) is 0 Å². The number of fused-ring (bicyclic) bond motifs is 2. The number of thiophene rings is 1. The minimum Gasteiger partial charge on any atom is -0.271 e. The molecule has 3 rings (SSSR count). The summed E-state index contributed by atoms with van der Waals surface area (Å²) in [6, 6.07) is 4.54. The summed E-state index contributed by atoms with van der Waals surface area (Å²) < 4.78 is 0.878. The minimum atomic E-state index is 0.431. The fourth-order valence-corrected chi connectivity index (χ4v) is 4.94. The maximum absolute atomic E-state index is 5.98. The van der Waals surface area contributed by atoms with Crippen LogP contribution in [0.4, 0.5) is 0 Å². The first-order chi connectivity index (χ1) is 8.26. The van der Waals surface area contributed by atoms with Crippen LogP contribution in [-0.2, 0) is 6.42 Å². The molecule has 94 valence electrons. The van der Waals surface area contributed by atoms with Crippen molar-refractivity contribution >= 4 is 22.9 Å². The molecule has 1 heterocycles. The van der Waals surface area contributed by atoms with Crippen LogP contribution in [0, 0.1) is 17.8 Å². The van der Waals surface area contributed by atoms with E-state index >= 15 is 0 Å². The molecule has 2 aliphatic rings. The first-order valence-corrected chi connectivity index (χ1v) is 7.66. The second kappa shape index (κ2) is 4.88. The van der Waals surface area contributed by atoms with Crippen molar-refractivity contribution < 1.29 is 0 Å². The van der Waals surface area contributed by atoms with Crippen LogP contribution in [0.2, 0.25) is 4.34 Å². The maximum atomic E-state index is 5.98. The Balaban J connectivity index is 1.67. The molecule has 4 atom stereocenters. The van der Waals surface area contributed by atoms with Gasteiger partial charge in [-0.2, -0.15) is 0 Å². The van der Waals surface area contributed by atoms with Gasteiger partial charge in [0, 0.05) is 10.9 Å². The molecule has 1 aromatic heterocycles. The topological polar surface area (TPSA) is 38.0 Å². The largest absolute Gasteiger partial charge is 0.271 e. The zero-order valence-electron chi connectivity index (χ0n) is 9.86. The normalized spacial score (nSPS) is 33.2. The lowest BCUT2D eigenvalue weighted by atomic mass is 9.82. The maximum Gasteiger partial charge on any atom is 0.0931 e. The van der Waals surface area contributed by atoms with Gasteiger partial charge in [0.1, 0.15) is 0 Å². The van der Waals surface area contributed by atoms with Gasteiger partial charge < -0.3 is 0 Å². The molecule has 0 saturated heterocycles. The summed E-state index contributed by atoms with van der Waals surface area (Å²) in [7, 11) is 0. The summed E-state index contributed by atoms with van der Waals surface area (Å²) in [5.74, 6) is 8.43. The number of rotatable bonds is 4. The summed E-state index contributed by atoms with van der Waals surface area (Å²) in [4.78, 5) is 1.35. The number of nitrogens with one attached hydrogen (secondary N) is 1. The number of halogens is 1. The number of hydrogen-bond donors (Lipinski definition) is 2. The summed E-state index contributed by atoms with van der Waals surface area (Å²) in [6.07, 6.45) is 6.70. The van der Waals surface area contributed by atoms with Crippen LogP contribution in [0.15, 0.2) is 12.1 Å². The van der Waals surface area contributed by atoms with Gasteiger partial charge in [-0.05, 0) is 55.6 Å². The highest BCUT2D eigenvalue weighted by atomic mass is 35.5. The molecule has 3 N–H and O–H groups in total. The van der Waals surface area contributed by atoms with E-state index in [9.17, 15) is 0 Å². The summed E-state index contributed by atoms with van der Waals surface area (Å²) >= 11 is 7.66. The lowest BCUT2D eigenvalue weighted by Gasteiger charge is -2.29. The van der Waals surface area contributed by atoms with Crippen molar-refractivity contribution in [3.05, 3.63) is 21.3 Å². The average Bonchev–Trinajstić information content (AvgIpc) is 3.01. The molecular weight excluding hydrogens is 252 g/mol. The van der Waals surface area contributed by atoms with Crippen molar-refractivity contribution in [2.24, 2.45) is 23.6 Å². The first-order valence-electron chi connectivity index (χ1n) is 6.46. The predicted molar refractivity (Wildman–Crippen MR) is 73.1 cm³/mol. The van der Waals surface area contributed by atoms with E-state index in [-0.39, 0.29) is 0 Å². The third-order valence-corrected chi connectivity index (χ3v) is 5.83. The summed E-state index contributed by atoms with van der Waals surface area (Å²) in [5, 5.41) is 0. The van der Waals surface area contributed by atoms with Gasteiger partial charge >= 0.3 is 0 Å². The molecule has 0 radical (unpaired) electrons. The number of nitrogens with two attached hydrogens (primary N) is 1. The molecule has 2 nitrogen and oxygen atoms in total. The van der Waals surface area contributed by atoms with Crippen molar-refractivity contribution in [2.45, 2.75) is 38.1 Å². The zero-order chi connectivity index (χ0) is 11.8. The van der Waals surface area contributed by atoms with Crippen LogP contribution in [0.25, 0.3) is 0 Å². The van der Waals surface area contributed by atoms with Gasteiger partial charge in [-0.25, -0.2) is 0 Å². The molecule has 0 aliphatic heterocycles. The highest BCUT2D eigenvalue weighted by molar-refractivity contribution is 7.16. The summed E-state index contributed by atoms with van der Waals surface area (Å²) in [6.45, 7) is 0. The van der Waals surface area contributed by atoms with Gasteiger partial charge in [0.25, 0.3) is 0 Å². The van der Waals surface area contributed by atoms with E-state index in [0.29, 0.717) is 6.04 Å². The Morgan fingerprint density at radius 1 is 1.41 bits per heavy atom. The summed E-state index contributed by atoms with van der Waals surface area (Å²) in [5.41, 5.74) is 3.05. The van der Waals surface area contributed by atoms with Crippen LogP contribution in [0.5, 0.6) is 0 Å². The van der Waals surface area contributed by atoms with Gasteiger partial charge in [-0.1, -0.05) is 18.0 Å².